The van der Waals surface area contributed by atoms with Crippen LogP contribution in [0.2, 0.25) is 0 Å². The first-order valence-electron chi connectivity index (χ1n) is 9.60. The number of aryl methyl sites for hydroxylation is 1. The second-order valence-electron chi connectivity index (χ2n) is 7.44. The van der Waals surface area contributed by atoms with Gasteiger partial charge in [0.25, 0.3) is 5.91 Å². The summed E-state index contributed by atoms with van der Waals surface area (Å²) in [5.74, 6) is 0.650. The maximum atomic E-state index is 13.0. The van der Waals surface area contributed by atoms with Gasteiger partial charge in [-0.05, 0) is 24.6 Å². The molecule has 1 aliphatic heterocycles. The standard InChI is InChI=1S/C21H22N4O5S/c1-14-9-10-17-16(11-14)25(31(3,27)28)12-18(29-17)21(26)24(2)13-19-22-20(23-30-19)15-7-5-4-6-8-15/h4-11,18H,12-13H2,1-3H3/t18-/m1/s1. The van der Waals surface area contributed by atoms with Gasteiger partial charge in [-0.1, -0.05) is 41.6 Å². The molecule has 0 radical (unpaired) electrons. The van der Waals surface area contributed by atoms with Crippen molar-refractivity contribution in [2.24, 2.45) is 0 Å². The number of aromatic nitrogens is 2. The molecule has 1 aliphatic rings. The third-order valence-electron chi connectivity index (χ3n) is 4.91. The van der Waals surface area contributed by atoms with Gasteiger partial charge in [-0.2, -0.15) is 4.98 Å². The molecule has 31 heavy (non-hydrogen) atoms. The summed E-state index contributed by atoms with van der Waals surface area (Å²) in [7, 11) is -2.02. The fourth-order valence-electron chi connectivity index (χ4n) is 3.35. The molecule has 3 aromatic rings. The lowest BCUT2D eigenvalue weighted by Gasteiger charge is -2.35. The minimum Gasteiger partial charge on any atom is -0.476 e. The fourth-order valence-corrected chi connectivity index (χ4v) is 4.26. The number of hydrogen-bond donors (Lipinski definition) is 0. The monoisotopic (exact) mass is 442 g/mol. The van der Waals surface area contributed by atoms with Crippen LogP contribution >= 0.6 is 0 Å². The number of hydrogen-bond acceptors (Lipinski definition) is 7. The number of likely N-dealkylation sites (N-methyl/N-ethyl adjacent to an activating group) is 1. The van der Waals surface area contributed by atoms with Gasteiger partial charge in [-0.3, -0.25) is 9.10 Å². The van der Waals surface area contributed by atoms with Gasteiger partial charge in [0.2, 0.25) is 21.7 Å². The Balaban J connectivity index is 1.51. The maximum Gasteiger partial charge on any atom is 0.265 e. The third kappa shape index (κ3) is 4.38. The average Bonchev–Trinajstić information content (AvgIpc) is 3.20. The van der Waals surface area contributed by atoms with E-state index in [4.69, 9.17) is 9.26 Å². The van der Waals surface area contributed by atoms with E-state index in [-0.39, 0.29) is 24.9 Å². The van der Waals surface area contributed by atoms with E-state index in [1.165, 1.54) is 9.21 Å². The van der Waals surface area contributed by atoms with E-state index in [0.29, 0.717) is 17.3 Å². The van der Waals surface area contributed by atoms with Gasteiger partial charge in [-0.15, -0.1) is 0 Å². The van der Waals surface area contributed by atoms with Gasteiger partial charge in [0, 0.05) is 12.6 Å². The highest BCUT2D eigenvalue weighted by Crippen LogP contribution is 2.36. The summed E-state index contributed by atoms with van der Waals surface area (Å²) in [4.78, 5) is 18.7. The summed E-state index contributed by atoms with van der Waals surface area (Å²) in [6.07, 6.45) is 0.116. The van der Waals surface area contributed by atoms with Gasteiger partial charge >= 0.3 is 0 Å². The zero-order valence-corrected chi connectivity index (χ0v) is 18.2. The Labute approximate surface area is 180 Å². The van der Waals surface area contributed by atoms with E-state index in [0.717, 1.165) is 17.4 Å². The largest absolute Gasteiger partial charge is 0.476 e. The van der Waals surface area contributed by atoms with Crippen molar-refractivity contribution in [2.45, 2.75) is 19.6 Å². The van der Waals surface area contributed by atoms with E-state index in [1.807, 2.05) is 37.3 Å². The summed E-state index contributed by atoms with van der Waals surface area (Å²) in [6.45, 7) is 1.82. The molecule has 4 rings (SSSR count). The van der Waals surface area contributed by atoms with Crippen molar-refractivity contribution in [3.8, 4) is 17.1 Å². The normalized spacial score (nSPS) is 15.8. The lowest BCUT2D eigenvalue weighted by atomic mass is 10.1. The smallest absolute Gasteiger partial charge is 0.265 e. The Morgan fingerprint density at radius 2 is 1.97 bits per heavy atom. The van der Waals surface area contributed by atoms with Gasteiger partial charge in [0.1, 0.15) is 5.75 Å². The molecule has 0 unspecified atom stereocenters. The molecule has 0 saturated heterocycles. The van der Waals surface area contributed by atoms with E-state index < -0.39 is 16.1 Å². The van der Waals surface area contributed by atoms with E-state index in [9.17, 15) is 13.2 Å². The Kier molecular flexibility index (Phi) is 5.40. The predicted molar refractivity (Wildman–Crippen MR) is 114 cm³/mol. The molecule has 1 amide bonds. The molecule has 0 bridgehead atoms. The molecule has 10 heteroatoms. The van der Waals surface area contributed by atoms with E-state index >= 15 is 0 Å². The highest BCUT2D eigenvalue weighted by molar-refractivity contribution is 7.92. The van der Waals surface area contributed by atoms with Gasteiger partial charge in [0.05, 0.1) is 25.0 Å². The highest BCUT2D eigenvalue weighted by Gasteiger charge is 2.36. The first-order chi connectivity index (χ1) is 14.7. The third-order valence-corrected chi connectivity index (χ3v) is 6.05. The van der Waals surface area contributed by atoms with Crippen LogP contribution in [0.1, 0.15) is 11.5 Å². The van der Waals surface area contributed by atoms with Crippen molar-refractivity contribution in [3.05, 3.63) is 60.0 Å². The second kappa shape index (κ2) is 8.03. The zero-order chi connectivity index (χ0) is 22.2. The van der Waals surface area contributed by atoms with Crippen molar-refractivity contribution in [1.82, 2.24) is 15.0 Å². The SMILES string of the molecule is Cc1ccc2c(c1)N(S(C)(=O)=O)C[C@H](C(=O)N(C)Cc1nc(-c3ccccc3)no1)O2. The van der Waals surface area contributed by atoms with Crippen molar-refractivity contribution < 1.29 is 22.5 Å². The molecule has 0 fully saturated rings. The first kappa shape index (κ1) is 20.9. The van der Waals surface area contributed by atoms with E-state index in [2.05, 4.69) is 10.1 Å². The van der Waals surface area contributed by atoms with Gasteiger partial charge in [-0.25, -0.2) is 8.42 Å². The number of amides is 1. The first-order valence-corrected chi connectivity index (χ1v) is 11.5. The zero-order valence-electron chi connectivity index (χ0n) is 17.3. The van der Waals surface area contributed by atoms with Gasteiger partial charge < -0.3 is 14.2 Å². The molecule has 1 aromatic heterocycles. The summed E-state index contributed by atoms with van der Waals surface area (Å²) in [6, 6.07) is 14.6. The maximum absolute atomic E-state index is 13.0. The minimum atomic E-state index is -3.59. The molecule has 1 atom stereocenters. The highest BCUT2D eigenvalue weighted by atomic mass is 32.2. The number of benzene rings is 2. The summed E-state index contributed by atoms with van der Waals surface area (Å²) < 4.78 is 37.0. The van der Waals surface area contributed by atoms with Crippen LogP contribution in [0, 0.1) is 6.92 Å². The van der Waals surface area contributed by atoms with Crippen molar-refractivity contribution >= 4 is 21.6 Å². The van der Waals surface area contributed by atoms with Gasteiger partial charge in [0.15, 0.2) is 6.10 Å². The van der Waals surface area contributed by atoms with Crippen molar-refractivity contribution in [2.75, 3.05) is 24.2 Å². The second-order valence-corrected chi connectivity index (χ2v) is 9.35. The van der Waals surface area contributed by atoms with Crippen LogP contribution < -0.4 is 9.04 Å². The van der Waals surface area contributed by atoms with Crippen LogP contribution in [0.3, 0.4) is 0 Å². The van der Waals surface area contributed by atoms with Crippen LogP contribution in [0.15, 0.2) is 53.1 Å². The van der Waals surface area contributed by atoms with Crippen LogP contribution in [-0.2, 0) is 21.4 Å². The summed E-state index contributed by atoms with van der Waals surface area (Å²) >= 11 is 0. The quantitative estimate of drug-likeness (QED) is 0.596. The molecular formula is C21H22N4O5S. The van der Waals surface area contributed by atoms with Crippen molar-refractivity contribution in [3.63, 3.8) is 0 Å². The number of anilines is 1. The summed E-state index contributed by atoms with van der Waals surface area (Å²) in [5, 5.41) is 3.95. The van der Waals surface area contributed by atoms with Crippen LogP contribution in [-0.4, -0.2) is 55.3 Å². The molecule has 0 aliphatic carbocycles. The average molecular weight is 442 g/mol. The molecule has 0 N–H and O–H groups in total. The lowest BCUT2D eigenvalue weighted by molar-refractivity contribution is -0.138. The molecular weight excluding hydrogens is 420 g/mol. The van der Waals surface area contributed by atoms with Crippen molar-refractivity contribution in [1.29, 1.82) is 0 Å². The Morgan fingerprint density at radius 1 is 1.23 bits per heavy atom. The van der Waals surface area contributed by atoms with Crippen LogP contribution in [0.5, 0.6) is 5.75 Å². The van der Waals surface area contributed by atoms with Crippen LogP contribution in [0.4, 0.5) is 5.69 Å². The lowest BCUT2D eigenvalue weighted by Crippen LogP contribution is -2.50. The predicted octanol–water partition coefficient (Wildman–Crippen LogP) is 2.23. The summed E-state index contributed by atoms with van der Waals surface area (Å²) in [5.41, 5.74) is 2.12. The Morgan fingerprint density at radius 3 is 2.68 bits per heavy atom. The number of rotatable bonds is 5. The molecule has 9 nitrogen and oxygen atoms in total. The number of carbonyl (C=O) groups is 1. The Bertz CT molecular complexity index is 1210. The number of carbonyl (C=O) groups excluding carboxylic acids is 1. The Hall–Kier alpha value is -3.40. The molecule has 2 heterocycles. The fraction of sp³-hybridized carbons (Fsp3) is 0.286. The molecule has 0 saturated carbocycles. The van der Waals surface area contributed by atoms with Crippen LogP contribution in [0.25, 0.3) is 11.4 Å². The number of ether oxygens (including phenoxy) is 1. The molecule has 162 valence electrons. The number of nitrogens with zero attached hydrogens (tertiary/aromatic N) is 4. The number of sulfonamides is 1. The molecule has 2 aromatic carbocycles. The van der Waals surface area contributed by atoms with E-state index in [1.54, 1.807) is 25.2 Å². The molecule has 0 spiro atoms. The minimum absolute atomic E-state index is 0.0676. The topological polar surface area (TPSA) is 106 Å². The number of fused-ring (bicyclic) bond motifs is 1.